The molecule has 1 N–H and O–H groups in total. The number of nitrogens with zero attached hydrogens (tertiary/aromatic N) is 4. The lowest BCUT2D eigenvalue weighted by atomic mass is 10.1. The van der Waals surface area contributed by atoms with Crippen LogP contribution in [0.15, 0.2) is 36.7 Å². The van der Waals surface area contributed by atoms with Crippen molar-refractivity contribution in [3.8, 4) is 5.75 Å². The molecule has 1 atom stereocenters. The molecule has 8 heteroatoms. The number of hydrogen-bond acceptors (Lipinski definition) is 6. The lowest BCUT2D eigenvalue weighted by molar-refractivity contribution is -0.151. The molecule has 1 aliphatic rings. The lowest BCUT2D eigenvalue weighted by Gasteiger charge is -2.39. The van der Waals surface area contributed by atoms with Crippen molar-refractivity contribution >= 4 is 17.8 Å². The van der Waals surface area contributed by atoms with Crippen LogP contribution in [0, 0.1) is 13.8 Å². The second kappa shape index (κ2) is 8.03. The molecule has 27 heavy (non-hydrogen) atoms. The predicted octanol–water partition coefficient (Wildman–Crippen LogP) is 1.27. The minimum Gasteiger partial charge on any atom is -0.483 e. The van der Waals surface area contributed by atoms with E-state index in [1.54, 1.807) is 29.4 Å². The van der Waals surface area contributed by atoms with Gasteiger partial charge in [0.15, 0.2) is 6.61 Å². The van der Waals surface area contributed by atoms with Gasteiger partial charge in [0.1, 0.15) is 11.8 Å². The summed E-state index contributed by atoms with van der Waals surface area (Å²) in [5.41, 5.74) is 2.03. The zero-order chi connectivity index (χ0) is 19.4. The van der Waals surface area contributed by atoms with Gasteiger partial charge < -0.3 is 19.6 Å². The Hall–Kier alpha value is -3.16. The molecule has 0 aliphatic carbocycles. The number of piperazine rings is 1. The first-order chi connectivity index (χ1) is 13.0. The molecule has 1 fully saturated rings. The fourth-order valence-corrected chi connectivity index (χ4v) is 3.03. The number of ether oxygens (including phenoxy) is 1. The van der Waals surface area contributed by atoms with Crippen LogP contribution in [0.5, 0.6) is 5.75 Å². The molecule has 1 aliphatic heterocycles. The molecule has 0 unspecified atom stereocenters. The monoisotopic (exact) mass is 370 g/mol. The van der Waals surface area contributed by atoms with Crippen molar-refractivity contribution < 1.29 is 19.4 Å². The Morgan fingerprint density at radius 3 is 2.63 bits per heavy atom. The van der Waals surface area contributed by atoms with Gasteiger partial charge in [-0.3, -0.25) is 4.79 Å². The molecule has 1 saturated heterocycles. The van der Waals surface area contributed by atoms with Crippen LogP contribution in [-0.4, -0.2) is 64.1 Å². The third kappa shape index (κ3) is 4.16. The van der Waals surface area contributed by atoms with E-state index in [-0.39, 0.29) is 25.6 Å². The van der Waals surface area contributed by atoms with Crippen LogP contribution in [-0.2, 0) is 9.59 Å². The van der Waals surface area contributed by atoms with E-state index in [0.29, 0.717) is 18.2 Å². The molecule has 142 valence electrons. The number of carboxylic acids is 1. The van der Waals surface area contributed by atoms with E-state index in [9.17, 15) is 14.7 Å². The number of aryl methyl sites for hydroxylation is 1. The minimum absolute atomic E-state index is 0.133. The van der Waals surface area contributed by atoms with Crippen molar-refractivity contribution in [1.29, 1.82) is 0 Å². The van der Waals surface area contributed by atoms with Gasteiger partial charge in [-0.2, -0.15) is 0 Å². The van der Waals surface area contributed by atoms with Gasteiger partial charge in [-0.25, -0.2) is 14.8 Å². The molecular formula is C19H22N4O4. The highest BCUT2D eigenvalue weighted by Gasteiger charge is 2.36. The van der Waals surface area contributed by atoms with Gasteiger partial charge in [-0.1, -0.05) is 12.1 Å². The number of benzene rings is 1. The van der Waals surface area contributed by atoms with Gasteiger partial charge in [0.2, 0.25) is 5.95 Å². The van der Waals surface area contributed by atoms with E-state index in [4.69, 9.17) is 4.74 Å². The first-order valence-electron chi connectivity index (χ1n) is 8.70. The summed E-state index contributed by atoms with van der Waals surface area (Å²) in [5, 5.41) is 9.59. The van der Waals surface area contributed by atoms with E-state index in [1.807, 2.05) is 26.0 Å². The van der Waals surface area contributed by atoms with Crippen molar-refractivity contribution in [2.75, 3.05) is 31.1 Å². The van der Waals surface area contributed by atoms with Gasteiger partial charge in [0, 0.05) is 25.5 Å². The van der Waals surface area contributed by atoms with Crippen LogP contribution in [0.1, 0.15) is 11.1 Å². The third-order valence-electron chi connectivity index (χ3n) is 4.73. The summed E-state index contributed by atoms with van der Waals surface area (Å²) in [4.78, 5) is 35.8. The van der Waals surface area contributed by atoms with E-state index in [1.165, 1.54) is 4.90 Å². The van der Waals surface area contributed by atoms with E-state index in [0.717, 1.165) is 11.1 Å². The van der Waals surface area contributed by atoms with Gasteiger partial charge >= 0.3 is 5.97 Å². The fraction of sp³-hybridized carbons (Fsp3) is 0.368. The molecule has 1 aromatic carbocycles. The number of aromatic nitrogens is 2. The summed E-state index contributed by atoms with van der Waals surface area (Å²) < 4.78 is 5.65. The number of rotatable bonds is 5. The standard InChI is InChI=1S/C19H22N4O4/c1-13-5-3-6-16(14(13)2)27-12-17(24)23-10-9-22(11-15(23)18(25)26)19-20-7-4-8-21-19/h3-8,15H,9-12H2,1-2H3,(H,25,26)/t15-/m1/s1. The molecule has 0 radical (unpaired) electrons. The van der Waals surface area contributed by atoms with Gasteiger partial charge in [-0.15, -0.1) is 0 Å². The number of amides is 1. The van der Waals surface area contributed by atoms with Crippen LogP contribution in [0.25, 0.3) is 0 Å². The summed E-state index contributed by atoms with van der Waals surface area (Å²) >= 11 is 0. The van der Waals surface area contributed by atoms with Gasteiger partial charge in [-0.05, 0) is 37.1 Å². The maximum absolute atomic E-state index is 12.6. The van der Waals surface area contributed by atoms with Gasteiger partial charge in [0.05, 0.1) is 6.54 Å². The summed E-state index contributed by atoms with van der Waals surface area (Å²) in [5.74, 6) is -0.318. The summed E-state index contributed by atoms with van der Waals surface area (Å²) in [7, 11) is 0. The molecule has 2 aromatic rings. The van der Waals surface area contributed by atoms with E-state index >= 15 is 0 Å². The quantitative estimate of drug-likeness (QED) is 0.847. The molecule has 0 spiro atoms. The first-order valence-corrected chi connectivity index (χ1v) is 8.70. The number of carboxylic acid groups (broad SMARTS) is 1. The Labute approximate surface area is 157 Å². The van der Waals surface area contributed by atoms with Crippen molar-refractivity contribution in [2.24, 2.45) is 0 Å². The normalized spacial score (nSPS) is 16.9. The summed E-state index contributed by atoms with van der Waals surface area (Å²) in [6, 6.07) is 6.35. The Kier molecular flexibility index (Phi) is 5.54. The Morgan fingerprint density at radius 1 is 1.19 bits per heavy atom. The average molecular weight is 370 g/mol. The maximum Gasteiger partial charge on any atom is 0.328 e. The Balaban J connectivity index is 1.67. The second-order valence-corrected chi connectivity index (χ2v) is 6.42. The predicted molar refractivity (Wildman–Crippen MR) is 98.8 cm³/mol. The van der Waals surface area contributed by atoms with E-state index < -0.39 is 12.0 Å². The van der Waals surface area contributed by atoms with Gasteiger partial charge in [0.25, 0.3) is 5.91 Å². The molecule has 0 saturated carbocycles. The minimum atomic E-state index is -1.06. The average Bonchev–Trinajstić information content (AvgIpc) is 2.69. The molecule has 3 rings (SSSR count). The smallest absolute Gasteiger partial charge is 0.328 e. The van der Waals surface area contributed by atoms with E-state index in [2.05, 4.69) is 9.97 Å². The van der Waals surface area contributed by atoms with Crippen LogP contribution < -0.4 is 9.64 Å². The first kappa shape index (κ1) is 18.6. The number of carbonyl (C=O) groups is 2. The van der Waals surface area contributed by atoms with Crippen LogP contribution in [0.3, 0.4) is 0 Å². The number of anilines is 1. The van der Waals surface area contributed by atoms with Crippen LogP contribution >= 0.6 is 0 Å². The Morgan fingerprint density at radius 2 is 1.93 bits per heavy atom. The van der Waals surface area contributed by atoms with Crippen molar-refractivity contribution in [1.82, 2.24) is 14.9 Å². The van der Waals surface area contributed by atoms with Crippen LogP contribution in [0.2, 0.25) is 0 Å². The third-order valence-corrected chi connectivity index (χ3v) is 4.73. The zero-order valence-corrected chi connectivity index (χ0v) is 15.3. The SMILES string of the molecule is Cc1cccc(OCC(=O)N2CCN(c3ncccn3)C[C@@H]2C(=O)O)c1C. The molecule has 0 bridgehead atoms. The van der Waals surface area contributed by atoms with Crippen LogP contribution in [0.4, 0.5) is 5.95 Å². The number of aliphatic carboxylic acids is 1. The maximum atomic E-state index is 12.6. The second-order valence-electron chi connectivity index (χ2n) is 6.42. The summed E-state index contributed by atoms with van der Waals surface area (Å²) in [6.45, 7) is 4.56. The number of carbonyl (C=O) groups excluding carboxylic acids is 1. The summed E-state index contributed by atoms with van der Waals surface area (Å²) in [6.07, 6.45) is 3.21. The highest BCUT2D eigenvalue weighted by atomic mass is 16.5. The topological polar surface area (TPSA) is 95.9 Å². The fourth-order valence-electron chi connectivity index (χ4n) is 3.03. The molecule has 1 amide bonds. The molecule has 1 aromatic heterocycles. The van der Waals surface area contributed by atoms with Crippen molar-refractivity contribution in [2.45, 2.75) is 19.9 Å². The molecule has 8 nitrogen and oxygen atoms in total. The Bertz CT molecular complexity index is 828. The largest absolute Gasteiger partial charge is 0.483 e. The zero-order valence-electron chi connectivity index (χ0n) is 15.3. The molecular weight excluding hydrogens is 348 g/mol. The number of hydrogen-bond donors (Lipinski definition) is 1. The highest BCUT2D eigenvalue weighted by Crippen LogP contribution is 2.21. The molecule has 2 heterocycles. The van der Waals surface area contributed by atoms with Crippen molar-refractivity contribution in [3.05, 3.63) is 47.8 Å². The lowest BCUT2D eigenvalue weighted by Crippen LogP contribution is -2.59. The highest BCUT2D eigenvalue weighted by molar-refractivity contribution is 5.85. The van der Waals surface area contributed by atoms with Crippen molar-refractivity contribution in [3.63, 3.8) is 0 Å².